The third kappa shape index (κ3) is 5.61. The van der Waals surface area contributed by atoms with Gasteiger partial charge in [-0.2, -0.15) is 0 Å². The second-order valence-corrected chi connectivity index (χ2v) is 6.34. The minimum absolute atomic E-state index is 0.232. The van der Waals surface area contributed by atoms with Crippen molar-refractivity contribution in [2.24, 2.45) is 0 Å². The maximum absolute atomic E-state index is 12.2. The number of carbonyl (C=O) groups excluding carboxylic acids is 1. The maximum Gasteiger partial charge on any atom is 0.236 e. The number of rotatable bonds is 8. The van der Waals surface area contributed by atoms with Crippen LogP contribution in [-0.2, 0) is 11.3 Å². The van der Waals surface area contributed by atoms with Gasteiger partial charge in [0.25, 0.3) is 0 Å². The number of likely N-dealkylation sites (N-methyl/N-ethyl adjacent to an activating group) is 1. The molecule has 1 saturated heterocycles. The van der Waals surface area contributed by atoms with Crippen molar-refractivity contribution in [1.82, 2.24) is 14.7 Å². The molecule has 1 aliphatic rings. The van der Waals surface area contributed by atoms with Gasteiger partial charge < -0.3 is 14.4 Å². The lowest BCUT2D eigenvalue weighted by molar-refractivity contribution is -0.132. The molecule has 1 aromatic carbocycles. The average Bonchev–Trinajstić information content (AvgIpc) is 2.64. The molecule has 1 heterocycles. The molecule has 0 aliphatic carbocycles. The lowest BCUT2D eigenvalue weighted by Gasteiger charge is -2.35. The van der Waals surface area contributed by atoms with Gasteiger partial charge in [0.1, 0.15) is 11.5 Å². The van der Waals surface area contributed by atoms with E-state index in [1.807, 2.05) is 24.8 Å². The summed E-state index contributed by atoms with van der Waals surface area (Å²) >= 11 is 0. The van der Waals surface area contributed by atoms with E-state index in [1.54, 1.807) is 14.2 Å². The van der Waals surface area contributed by atoms with Crippen molar-refractivity contribution in [3.8, 4) is 11.5 Å². The van der Waals surface area contributed by atoms with Crippen molar-refractivity contribution in [3.05, 3.63) is 23.8 Å². The molecule has 0 aromatic heterocycles. The molecule has 0 radical (unpaired) electrons. The van der Waals surface area contributed by atoms with Crippen molar-refractivity contribution >= 4 is 5.91 Å². The molecule has 140 valence electrons. The highest BCUT2D eigenvalue weighted by Gasteiger charge is 2.21. The molecule has 0 bridgehead atoms. The van der Waals surface area contributed by atoms with Crippen LogP contribution in [0.2, 0.25) is 0 Å². The predicted octanol–water partition coefficient (Wildman–Crippen LogP) is 1.69. The number of hydrogen-bond acceptors (Lipinski definition) is 5. The number of hydrogen-bond donors (Lipinski definition) is 0. The molecule has 6 heteroatoms. The van der Waals surface area contributed by atoms with Gasteiger partial charge >= 0.3 is 0 Å². The quantitative estimate of drug-likeness (QED) is 0.715. The van der Waals surface area contributed by atoms with E-state index < -0.39 is 0 Å². The molecule has 0 saturated carbocycles. The first kappa shape index (κ1) is 19.5. The zero-order valence-corrected chi connectivity index (χ0v) is 16.0. The van der Waals surface area contributed by atoms with E-state index in [4.69, 9.17) is 9.47 Å². The van der Waals surface area contributed by atoms with Crippen molar-refractivity contribution < 1.29 is 14.3 Å². The van der Waals surface area contributed by atoms with Gasteiger partial charge in [-0.25, -0.2) is 0 Å². The summed E-state index contributed by atoms with van der Waals surface area (Å²) in [5.41, 5.74) is 1.18. The highest BCUT2D eigenvalue weighted by molar-refractivity contribution is 5.78. The van der Waals surface area contributed by atoms with Crippen LogP contribution in [0.5, 0.6) is 11.5 Å². The van der Waals surface area contributed by atoms with Crippen LogP contribution in [0, 0.1) is 0 Å². The van der Waals surface area contributed by atoms with Gasteiger partial charge in [-0.1, -0.05) is 0 Å². The number of piperazine rings is 1. The molecular weight excluding hydrogens is 318 g/mol. The maximum atomic E-state index is 12.2. The molecule has 2 rings (SSSR count). The van der Waals surface area contributed by atoms with E-state index >= 15 is 0 Å². The molecule has 1 amide bonds. The molecule has 0 spiro atoms. The van der Waals surface area contributed by atoms with Gasteiger partial charge in [0.05, 0.1) is 20.8 Å². The Kier molecular flexibility index (Phi) is 7.52. The van der Waals surface area contributed by atoms with E-state index in [2.05, 4.69) is 21.9 Å². The highest BCUT2D eigenvalue weighted by atomic mass is 16.5. The second kappa shape index (κ2) is 9.63. The van der Waals surface area contributed by atoms with Crippen LogP contribution in [0.4, 0.5) is 0 Å². The summed E-state index contributed by atoms with van der Waals surface area (Å²) in [6.45, 7) is 10.8. The molecule has 6 nitrogen and oxygen atoms in total. The summed E-state index contributed by atoms with van der Waals surface area (Å²) in [6.07, 6.45) is 0. The Hall–Kier alpha value is -1.79. The van der Waals surface area contributed by atoms with Crippen molar-refractivity contribution in [2.45, 2.75) is 20.4 Å². The first-order valence-corrected chi connectivity index (χ1v) is 9.04. The number of amides is 1. The first-order chi connectivity index (χ1) is 12.1. The van der Waals surface area contributed by atoms with E-state index in [-0.39, 0.29) is 5.91 Å². The Balaban J connectivity index is 1.85. The van der Waals surface area contributed by atoms with Crippen LogP contribution >= 0.6 is 0 Å². The van der Waals surface area contributed by atoms with E-state index in [0.29, 0.717) is 6.54 Å². The van der Waals surface area contributed by atoms with Crippen LogP contribution in [-0.4, -0.2) is 80.6 Å². The number of methoxy groups -OCH3 is 2. The van der Waals surface area contributed by atoms with E-state index in [9.17, 15) is 4.79 Å². The smallest absolute Gasteiger partial charge is 0.236 e. The fourth-order valence-electron chi connectivity index (χ4n) is 3.19. The summed E-state index contributed by atoms with van der Waals surface area (Å²) < 4.78 is 10.7. The fourth-order valence-corrected chi connectivity index (χ4v) is 3.19. The summed E-state index contributed by atoms with van der Waals surface area (Å²) in [5, 5.41) is 0. The Labute approximate surface area is 151 Å². The van der Waals surface area contributed by atoms with Crippen LogP contribution in [0.1, 0.15) is 19.4 Å². The summed E-state index contributed by atoms with van der Waals surface area (Å²) in [5.74, 6) is 1.87. The van der Waals surface area contributed by atoms with E-state index in [0.717, 1.165) is 57.3 Å². The predicted molar refractivity (Wildman–Crippen MR) is 99.2 cm³/mol. The third-order valence-electron chi connectivity index (χ3n) is 4.76. The highest BCUT2D eigenvalue weighted by Crippen LogP contribution is 2.23. The number of benzene rings is 1. The summed E-state index contributed by atoms with van der Waals surface area (Å²) in [6, 6.07) is 6.00. The Morgan fingerprint density at radius 2 is 1.48 bits per heavy atom. The molecule has 25 heavy (non-hydrogen) atoms. The van der Waals surface area contributed by atoms with Gasteiger partial charge in [0, 0.05) is 51.9 Å². The summed E-state index contributed by atoms with van der Waals surface area (Å²) in [4.78, 5) is 18.8. The molecule has 0 N–H and O–H groups in total. The standard InChI is InChI=1S/C19H31N3O3/c1-5-22(6-2)19(23)15-21-9-7-20(8-10-21)14-16-11-17(24-3)13-18(12-16)25-4/h11-13H,5-10,14-15H2,1-4H3. The average molecular weight is 349 g/mol. The zero-order chi connectivity index (χ0) is 18.2. The van der Waals surface area contributed by atoms with Crippen LogP contribution in [0.25, 0.3) is 0 Å². The Morgan fingerprint density at radius 3 is 1.96 bits per heavy atom. The molecule has 1 aromatic rings. The SMILES string of the molecule is CCN(CC)C(=O)CN1CCN(Cc2cc(OC)cc(OC)c2)CC1. The second-order valence-electron chi connectivity index (χ2n) is 6.34. The lowest BCUT2D eigenvalue weighted by Crippen LogP contribution is -2.49. The van der Waals surface area contributed by atoms with E-state index in [1.165, 1.54) is 5.56 Å². The lowest BCUT2D eigenvalue weighted by atomic mass is 10.1. The van der Waals surface area contributed by atoms with Crippen LogP contribution in [0.3, 0.4) is 0 Å². The van der Waals surface area contributed by atoms with Crippen LogP contribution in [0.15, 0.2) is 18.2 Å². The Morgan fingerprint density at radius 1 is 0.960 bits per heavy atom. The van der Waals surface area contributed by atoms with Gasteiger partial charge in [0.15, 0.2) is 0 Å². The van der Waals surface area contributed by atoms with Crippen LogP contribution < -0.4 is 9.47 Å². The number of carbonyl (C=O) groups is 1. The topological polar surface area (TPSA) is 45.3 Å². The van der Waals surface area contributed by atoms with Crippen molar-refractivity contribution in [1.29, 1.82) is 0 Å². The normalized spacial score (nSPS) is 15.8. The molecule has 0 atom stereocenters. The van der Waals surface area contributed by atoms with Gasteiger partial charge in [-0.05, 0) is 31.5 Å². The third-order valence-corrected chi connectivity index (χ3v) is 4.76. The van der Waals surface area contributed by atoms with Gasteiger partial charge in [-0.15, -0.1) is 0 Å². The zero-order valence-electron chi connectivity index (χ0n) is 16.0. The molecule has 0 unspecified atom stereocenters. The van der Waals surface area contributed by atoms with Crippen molar-refractivity contribution in [3.63, 3.8) is 0 Å². The largest absolute Gasteiger partial charge is 0.497 e. The summed E-state index contributed by atoms with van der Waals surface area (Å²) in [7, 11) is 3.34. The molecular formula is C19H31N3O3. The first-order valence-electron chi connectivity index (χ1n) is 9.04. The van der Waals surface area contributed by atoms with Gasteiger partial charge in [-0.3, -0.25) is 14.6 Å². The van der Waals surface area contributed by atoms with Gasteiger partial charge in [0.2, 0.25) is 5.91 Å². The minimum Gasteiger partial charge on any atom is -0.497 e. The monoisotopic (exact) mass is 349 g/mol. The Bertz CT molecular complexity index is 531. The minimum atomic E-state index is 0.232. The number of ether oxygens (including phenoxy) is 2. The number of nitrogens with zero attached hydrogens (tertiary/aromatic N) is 3. The molecule has 1 aliphatic heterocycles. The van der Waals surface area contributed by atoms with Crippen molar-refractivity contribution in [2.75, 3.05) is 60.0 Å². The molecule has 1 fully saturated rings. The fraction of sp³-hybridized carbons (Fsp3) is 0.632.